The van der Waals surface area contributed by atoms with Crippen LogP contribution in [-0.4, -0.2) is 14.3 Å². The molecule has 0 spiro atoms. The Labute approximate surface area is 95.5 Å². The van der Waals surface area contributed by atoms with Crippen LogP contribution < -0.4 is 4.72 Å². The van der Waals surface area contributed by atoms with Crippen LogP contribution in [0.2, 0.25) is 0 Å². The number of benzene rings is 1. The Kier molecular flexibility index (Phi) is 3.46. The maximum absolute atomic E-state index is 12.2. The fraction of sp³-hybridized carbons (Fsp3) is 0.222. The van der Waals surface area contributed by atoms with Gasteiger partial charge in [-0.1, -0.05) is 0 Å². The minimum atomic E-state index is -4.53. The molecule has 0 atom stereocenters. The monoisotopic (exact) mass is 267 g/mol. The molecular weight excluding hydrogens is 259 g/mol. The second kappa shape index (κ2) is 4.36. The highest BCUT2D eigenvalue weighted by atomic mass is 32.2. The molecule has 0 unspecified atom stereocenters. The van der Waals surface area contributed by atoms with Gasteiger partial charge < -0.3 is 0 Å². The average Bonchev–Trinajstić information content (AvgIpc) is 2.14. The van der Waals surface area contributed by atoms with Gasteiger partial charge in [-0.05, 0) is 24.3 Å². The lowest BCUT2D eigenvalue weighted by atomic mass is 10.2. The number of alkyl halides is 3. The lowest BCUT2D eigenvalue weighted by Crippen LogP contribution is -2.28. The van der Waals surface area contributed by atoms with Crippen molar-refractivity contribution >= 4 is 15.9 Å². The minimum absolute atomic E-state index is 0.402. The van der Waals surface area contributed by atoms with Gasteiger partial charge >= 0.3 is 6.18 Å². The van der Waals surface area contributed by atoms with Crippen molar-refractivity contribution in [2.24, 2.45) is 0 Å². The van der Waals surface area contributed by atoms with Crippen molar-refractivity contribution in [3.05, 3.63) is 29.8 Å². The Hall–Kier alpha value is -1.57. The number of halogens is 3. The second-order valence-electron chi connectivity index (χ2n) is 3.18. The molecule has 4 nitrogen and oxygen atoms in total. The van der Waals surface area contributed by atoms with E-state index in [0.717, 1.165) is 19.1 Å². The summed E-state index contributed by atoms with van der Waals surface area (Å²) in [5.41, 5.74) is -0.959. The zero-order valence-corrected chi connectivity index (χ0v) is 9.39. The summed E-state index contributed by atoms with van der Waals surface area (Å²) in [5, 5.41) is 0. The van der Waals surface area contributed by atoms with E-state index in [2.05, 4.69) is 0 Å². The van der Waals surface area contributed by atoms with Crippen LogP contribution in [0.25, 0.3) is 0 Å². The van der Waals surface area contributed by atoms with Crippen molar-refractivity contribution in [2.45, 2.75) is 18.0 Å². The summed E-state index contributed by atoms with van der Waals surface area (Å²) >= 11 is 0. The molecule has 0 radical (unpaired) electrons. The minimum Gasteiger partial charge on any atom is -0.274 e. The molecule has 0 fully saturated rings. The Morgan fingerprint density at radius 3 is 2.00 bits per heavy atom. The van der Waals surface area contributed by atoms with E-state index in [1.54, 1.807) is 4.72 Å². The molecule has 0 aliphatic heterocycles. The lowest BCUT2D eigenvalue weighted by Gasteiger charge is -2.08. The maximum atomic E-state index is 12.2. The fourth-order valence-electron chi connectivity index (χ4n) is 1.07. The van der Waals surface area contributed by atoms with E-state index >= 15 is 0 Å². The summed E-state index contributed by atoms with van der Waals surface area (Å²) < 4.78 is 61.0. The van der Waals surface area contributed by atoms with Gasteiger partial charge in [-0.2, -0.15) is 13.2 Å². The number of carbonyl (C=O) groups excluding carboxylic acids is 1. The number of rotatable bonds is 2. The predicted octanol–water partition coefficient (Wildman–Crippen LogP) is 1.53. The number of carbonyl (C=O) groups is 1. The van der Waals surface area contributed by atoms with Gasteiger partial charge in [0.15, 0.2) is 0 Å². The van der Waals surface area contributed by atoms with E-state index in [1.807, 2.05) is 0 Å². The summed E-state index contributed by atoms with van der Waals surface area (Å²) in [5.74, 6) is -0.815. The third kappa shape index (κ3) is 3.45. The van der Waals surface area contributed by atoms with Crippen molar-refractivity contribution in [1.82, 2.24) is 4.72 Å². The van der Waals surface area contributed by atoms with Crippen molar-refractivity contribution in [1.29, 1.82) is 0 Å². The second-order valence-corrected chi connectivity index (χ2v) is 4.87. The Morgan fingerprint density at radius 1 is 1.18 bits per heavy atom. The van der Waals surface area contributed by atoms with Gasteiger partial charge in [0, 0.05) is 6.92 Å². The third-order valence-electron chi connectivity index (χ3n) is 1.77. The quantitative estimate of drug-likeness (QED) is 0.883. The van der Waals surface area contributed by atoms with Crippen LogP contribution in [0.1, 0.15) is 12.5 Å². The third-order valence-corrected chi connectivity index (χ3v) is 3.22. The first-order valence-electron chi connectivity index (χ1n) is 4.33. The van der Waals surface area contributed by atoms with Gasteiger partial charge in [0.05, 0.1) is 10.5 Å². The van der Waals surface area contributed by atoms with Crippen molar-refractivity contribution in [3.63, 3.8) is 0 Å². The molecule has 0 aliphatic carbocycles. The van der Waals surface area contributed by atoms with Crippen molar-refractivity contribution < 1.29 is 26.4 Å². The summed E-state index contributed by atoms with van der Waals surface area (Å²) in [4.78, 5) is 10.2. The highest BCUT2D eigenvalue weighted by molar-refractivity contribution is 7.90. The molecule has 0 bridgehead atoms. The molecule has 1 rings (SSSR count). The van der Waals surface area contributed by atoms with Crippen LogP contribution in [0.5, 0.6) is 0 Å². The predicted molar refractivity (Wildman–Crippen MR) is 52.4 cm³/mol. The fourth-order valence-corrected chi connectivity index (χ4v) is 2.06. The molecule has 0 heterocycles. The SMILES string of the molecule is CC(=O)NS(=O)(=O)c1ccc(C(F)(F)F)cc1. The van der Waals surface area contributed by atoms with Crippen LogP contribution in [0, 0.1) is 0 Å². The first kappa shape index (κ1) is 13.5. The maximum Gasteiger partial charge on any atom is 0.416 e. The first-order chi connectivity index (χ1) is 7.63. The molecule has 1 aromatic rings. The topological polar surface area (TPSA) is 63.2 Å². The standard InChI is InChI=1S/C9H8F3NO3S/c1-6(14)13-17(15,16)8-4-2-7(3-5-8)9(10,11)12/h2-5H,1H3,(H,13,14). The molecule has 0 aliphatic rings. The number of nitrogens with one attached hydrogen (secondary N) is 1. The van der Waals surface area contributed by atoms with E-state index in [0.29, 0.717) is 12.1 Å². The lowest BCUT2D eigenvalue weighted by molar-refractivity contribution is -0.137. The Bertz CT molecular complexity index is 519. The van der Waals surface area contributed by atoms with Crippen molar-refractivity contribution in [2.75, 3.05) is 0 Å². The molecule has 1 amide bonds. The van der Waals surface area contributed by atoms with E-state index in [9.17, 15) is 26.4 Å². The average molecular weight is 267 g/mol. The zero-order chi connectivity index (χ0) is 13.3. The smallest absolute Gasteiger partial charge is 0.274 e. The van der Waals surface area contributed by atoms with Gasteiger partial charge in [-0.3, -0.25) is 4.79 Å². The van der Waals surface area contributed by atoms with Crippen LogP contribution in [0.15, 0.2) is 29.2 Å². The Balaban J connectivity index is 3.08. The molecule has 0 saturated heterocycles. The molecule has 94 valence electrons. The molecule has 1 N–H and O–H groups in total. The van der Waals surface area contributed by atoms with Crippen molar-refractivity contribution in [3.8, 4) is 0 Å². The van der Waals surface area contributed by atoms with Gasteiger partial charge in [0.2, 0.25) is 5.91 Å². The molecule has 17 heavy (non-hydrogen) atoms. The van der Waals surface area contributed by atoms with E-state index in [-0.39, 0.29) is 0 Å². The van der Waals surface area contributed by atoms with E-state index < -0.39 is 32.6 Å². The normalized spacial score (nSPS) is 12.2. The highest BCUT2D eigenvalue weighted by Crippen LogP contribution is 2.29. The van der Waals surface area contributed by atoms with Crippen LogP contribution in [0.3, 0.4) is 0 Å². The van der Waals surface area contributed by atoms with E-state index in [4.69, 9.17) is 0 Å². The number of sulfonamides is 1. The van der Waals surface area contributed by atoms with Crippen LogP contribution in [0.4, 0.5) is 13.2 Å². The summed E-state index contributed by atoms with van der Waals surface area (Å²) in [6.45, 7) is 0.988. The summed E-state index contributed by atoms with van der Waals surface area (Å²) in [6, 6.07) is 2.84. The van der Waals surface area contributed by atoms with Gasteiger partial charge in [0.25, 0.3) is 10.0 Å². The summed E-state index contributed by atoms with van der Waals surface area (Å²) in [6.07, 6.45) is -4.53. The molecule has 8 heteroatoms. The number of hydrogen-bond acceptors (Lipinski definition) is 3. The Morgan fingerprint density at radius 2 is 1.65 bits per heavy atom. The molecule has 0 aromatic heterocycles. The highest BCUT2D eigenvalue weighted by Gasteiger charge is 2.30. The first-order valence-corrected chi connectivity index (χ1v) is 5.82. The number of amides is 1. The summed E-state index contributed by atoms with van der Waals surface area (Å²) in [7, 11) is -4.09. The van der Waals surface area contributed by atoms with Gasteiger partial charge in [-0.25, -0.2) is 13.1 Å². The zero-order valence-electron chi connectivity index (χ0n) is 8.58. The molecule has 1 aromatic carbocycles. The van der Waals surface area contributed by atoms with Crippen LogP contribution >= 0.6 is 0 Å². The molecule has 0 saturated carbocycles. The van der Waals surface area contributed by atoms with E-state index in [1.165, 1.54) is 0 Å². The largest absolute Gasteiger partial charge is 0.416 e. The van der Waals surface area contributed by atoms with Gasteiger partial charge in [0.1, 0.15) is 0 Å². The number of hydrogen-bond donors (Lipinski definition) is 1. The van der Waals surface area contributed by atoms with Crippen LogP contribution in [-0.2, 0) is 21.0 Å². The molecular formula is C9H8F3NO3S. The van der Waals surface area contributed by atoms with Gasteiger partial charge in [-0.15, -0.1) is 0 Å².